The molecule has 0 aliphatic rings. The first kappa shape index (κ1) is 11.2. The molecule has 78 valence electrons. The van der Waals surface area contributed by atoms with Crippen LogP contribution in [0.5, 0.6) is 0 Å². The van der Waals surface area contributed by atoms with Gasteiger partial charge in [-0.3, -0.25) is 0 Å². The minimum absolute atomic E-state index is 0.120. The number of rotatable bonds is 5. The molecule has 0 heterocycles. The molecule has 0 amide bonds. The molecule has 1 aromatic carbocycles. The molecule has 1 rings (SSSR count). The van der Waals surface area contributed by atoms with Crippen LogP contribution in [0.1, 0.15) is 38.7 Å². The van der Waals surface area contributed by atoms with Crippen LogP contribution in [0, 0.1) is 11.7 Å². The number of hydrogen-bond donors (Lipinski definition) is 0. The molecule has 1 aromatic rings. The summed E-state index contributed by atoms with van der Waals surface area (Å²) in [7, 11) is 0. The van der Waals surface area contributed by atoms with E-state index in [1.54, 1.807) is 12.1 Å². The summed E-state index contributed by atoms with van der Waals surface area (Å²) < 4.78 is 12.9. The first-order chi connectivity index (χ1) is 6.72. The molecule has 0 bridgehead atoms. The lowest BCUT2D eigenvalue weighted by atomic mass is 9.96. The summed E-state index contributed by atoms with van der Waals surface area (Å²) in [4.78, 5) is 0. The lowest BCUT2D eigenvalue weighted by molar-refractivity contribution is 0.502. The minimum atomic E-state index is -0.120. The summed E-state index contributed by atoms with van der Waals surface area (Å²) in [5, 5.41) is 0. The van der Waals surface area contributed by atoms with Gasteiger partial charge in [0.25, 0.3) is 0 Å². The molecule has 14 heavy (non-hydrogen) atoms. The Morgan fingerprint density at radius 1 is 1.36 bits per heavy atom. The first-order valence-corrected chi connectivity index (χ1v) is 5.46. The quantitative estimate of drug-likeness (QED) is 0.659. The summed E-state index contributed by atoms with van der Waals surface area (Å²) >= 11 is 0. The highest BCUT2D eigenvalue weighted by molar-refractivity contribution is 5.16. The maximum Gasteiger partial charge on any atom is 0.123 e. The lowest BCUT2D eigenvalue weighted by Crippen LogP contribution is -1.99. The van der Waals surface area contributed by atoms with Gasteiger partial charge in [-0.1, -0.05) is 45.2 Å². The van der Waals surface area contributed by atoms with Crippen LogP contribution in [0.25, 0.3) is 0 Å². The monoisotopic (exact) mass is 194 g/mol. The fourth-order valence-corrected chi connectivity index (χ4v) is 1.72. The van der Waals surface area contributed by atoms with Crippen LogP contribution in [0.2, 0.25) is 0 Å². The molecular formula is C13H19F. The zero-order chi connectivity index (χ0) is 10.4. The fraction of sp³-hybridized carbons (Fsp3) is 0.538. The SMILES string of the molecule is CCCCC(C)Cc1cccc(F)c1. The van der Waals surface area contributed by atoms with Crippen LogP contribution < -0.4 is 0 Å². The summed E-state index contributed by atoms with van der Waals surface area (Å²) in [6.07, 6.45) is 4.76. The highest BCUT2D eigenvalue weighted by Gasteiger charge is 2.03. The molecule has 0 spiro atoms. The van der Waals surface area contributed by atoms with Crippen LogP contribution in [0.3, 0.4) is 0 Å². The zero-order valence-electron chi connectivity index (χ0n) is 9.09. The molecule has 0 N–H and O–H groups in total. The maximum atomic E-state index is 12.9. The zero-order valence-corrected chi connectivity index (χ0v) is 9.09. The van der Waals surface area contributed by atoms with Crippen LogP contribution >= 0.6 is 0 Å². The molecular weight excluding hydrogens is 175 g/mol. The minimum Gasteiger partial charge on any atom is -0.207 e. The van der Waals surface area contributed by atoms with E-state index in [9.17, 15) is 4.39 Å². The van der Waals surface area contributed by atoms with Gasteiger partial charge in [-0.05, 0) is 30.0 Å². The van der Waals surface area contributed by atoms with Gasteiger partial charge in [-0.25, -0.2) is 4.39 Å². The average molecular weight is 194 g/mol. The van der Waals surface area contributed by atoms with Crippen molar-refractivity contribution in [1.29, 1.82) is 0 Å². The fourth-order valence-electron chi connectivity index (χ4n) is 1.72. The van der Waals surface area contributed by atoms with E-state index in [2.05, 4.69) is 13.8 Å². The van der Waals surface area contributed by atoms with E-state index < -0.39 is 0 Å². The van der Waals surface area contributed by atoms with Crippen molar-refractivity contribution in [1.82, 2.24) is 0 Å². The van der Waals surface area contributed by atoms with Gasteiger partial charge in [0.2, 0.25) is 0 Å². The van der Waals surface area contributed by atoms with Gasteiger partial charge in [0, 0.05) is 0 Å². The van der Waals surface area contributed by atoms with E-state index in [-0.39, 0.29) is 5.82 Å². The van der Waals surface area contributed by atoms with Gasteiger partial charge in [0.1, 0.15) is 5.82 Å². The Morgan fingerprint density at radius 3 is 2.79 bits per heavy atom. The Hall–Kier alpha value is -0.850. The Balaban J connectivity index is 2.43. The summed E-state index contributed by atoms with van der Waals surface area (Å²) in [5.74, 6) is 0.543. The lowest BCUT2D eigenvalue weighted by Gasteiger charge is -2.10. The Kier molecular flexibility index (Phi) is 4.64. The van der Waals surface area contributed by atoms with E-state index in [4.69, 9.17) is 0 Å². The van der Waals surface area contributed by atoms with E-state index in [1.807, 2.05) is 6.07 Å². The molecule has 0 nitrogen and oxygen atoms in total. The van der Waals surface area contributed by atoms with E-state index >= 15 is 0 Å². The molecule has 0 radical (unpaired) electrons. The van der Waals surface area contributed by atoms with Crippen molar-refractivity contribution in [2.45, 2.75) is 39.5 Å². The van der Waals surface area contributed by atoms with Crippen molar-refractivity contribution in [3.8, 4) is 0 Å². The predicted octanol–water partition coefficient (Wildman–Crippen LogP) is 4.19. The van der Waals surface area contributed by atoms with E-state index in [0.717, 1.165) is 12.0 Å². The van der Waals surface area contributed by atoms with Crippen molar-refractivity contribution in [3.05, 3.63) is 35.6 Å². The van der Waals surface area contributed by atoms with E-state index in [0.29, 0.717) is 5.92 Å². The maximum absolute atomic E-state index is 12.9. The summed E-state index contributed by atoms with van der Waals surface area (Å²) in [5.41, 5.74) is 1.12. The molecule has 1 heteroatoms. The average Bonchev–Trinajstić information content (AvgIpc) is 2.15. The second kappa shape index (κ2) is 5.79. The number of benzene rings is 1. The standard InChI is InChI=1S/C13H19F/c1-3-4-6-11(2)9-12-7-5-8-13(14)10-12/h5,7-8,10-11H,3-4,6,9H2,1-2H3. The first-order valence-electron chi connectivity index (χ1n) is 5.46. The van der Waals surface area contributed by atoms with Gasteiger partial charge in [0.05, 0.1) is 0 Å². The van der Waals surface area contributed by atoms with Gasteiger partial charge >= 0.3 is 0 Å². The Bertz CT molecular complexity index is 268. The third-order valence-corrected chi connectivity index (χ3v) is 2.52. The van der Waals surface area contributed by atoms with Crippen molar-refractivity contribution < 1.29 is 4.39 Å². The number of hydrogen-bond acceptors (Lipinski definition) is 0. The smallest absolute Gasteiger partial charge is 0.123 e. The van der Waals surface area contributed by atoms with Crippen LogP contribution in [0.15, 0.2) is 24.3 Å². The second-order valence-electron chi connectivity index (χ2n) is 4.08. The normalized spacial score (nSPS) is 12.8. The molecule has 0 aliphatic carbocycles. The molecule has 0 aliphatic heterocycles. The molecule has 0 saturated carbocycles. The highest BCUT2D eigenvalue weighted by atomic mass is 19.1. The van der Waals surface area contributed by atoms with Crippen molar-refractivity contribution in [2.24, 2.45) is 5.92 Å². The topological polar surface area (TPSA) is 0 Å². The van der Waals surface area contributed by atoms with Gasteiger partial charge in [-0.15, -0.1) is 0 Å². The number of halogens is 1. The van der Waals surface area contributed by atoms with Crippen LogP contribution in [0.4, 0.5) is 4.39 Å². The summed E-state index contributed by atoms with van der Waals surface area (Å²) in [6.45, 7) is 4.44. The van der Waals surface area contributed by atoms with Crippen LogP contribution in [-0.2, 0) is 6.42 Å². The van der Waals surface area contributed by atoms with Gasteiger partial charge < -0.3 is 0 Å². The highest BCUT2D eigenvalue weighted by Crippen LogP contribution is 2.15. The third-order valence-electron chi connectivity index (χ3n) is 2.52. The number of unbranched alkanes of at least 4 members (excludes halogenated alkanes) is 1. The molecule has 1 atom stereocenters. The molecule has 0 aromatic heterocycles. The van der Waals surface area contributed by atoms with Crippen molar-refractivity contribution >= 4 is 0 Å². The van der Waals surface area contributed by atoms with Crippen molar-refractivity contribution in [2.75, 3.05) is 0 Å². The third kappa shape index (κ3) is 3.91. The van der Waals surface area contributed by atoms with Crippen LogP contribution in [-0.4, -0.2) is 0 Å². The Morgan fingerprint density at radius 2 is 2.14 bits per heavy atom. The summed E-state index contributed by atoms with van der Waals surface area (Å²) in [6, 6.07) is 6.94. The van der Waals surface area contributed by atoms with Crippen molar-refractivity contribution in [3.63, 3.8) is 0 Å². The molecule has 0 saturated heterocycles. The van der Waals surface area contributed by atoms with Gasteiger partial charge in [0.15, 0.2) is 0 Å². The van der Waals surface area contributed by atoms with E-state index in [1.165, 1.54) is 25.3 Å². The Labute approximate surface area is 86.2 Å². The largest absolute Gasteiger partial charge is 0.207 e. The second-order valence-corrected chi connectivity index (χ2v) is 4.08. The van der Waals surface area contributed by atoms with Gasteiger partial charge in [-0.2, -0.15) is 0 Å². The molecule has 1 unspecified atom stereocenters. The molecule has 0 fully saturated rings. The predicted molar refractivity (Wildman–Crippen MR) is 58.8 cm³/mol.